The average molecular weight is 364 g/mol. The zero-order chi connectivity index (χ0) is 15.1. The molecule has 4 heteroatoms. The fourth-order valence-corrected chi connectivity index (χ4v) is 3.43. The molecule has 2 rings (SSSR count). The van der Waals surface area contributed by atoms with Crippen LogP contribution in [0.25, 0.3) is 0 Å². The predicted octanol–water partition coefficient (Wildman–Crippen LogP) is 4.56. The number of amides is 1. The van der Waals surface area contributed by atoms with Crippen LogP contribution in [0.3, 0.4) is 0 Å². The second-order valence-corrected chi connectivity index (χ2v) is 6.62. The van der Waals surface area contributed by atoms with Crippen LogP contribution in [0, 0.1) is 0 Å². The molecule has 1 N–H and O–H groups in total. The number of hydrogen-bond donors (Lipinski definition) is 1. The first-order chi connectivity index (χ1) is 10.2. The van der Waals surface area contributed by atoms with Crippen LogP contribution in [-0.2, 0) is 10.5 Å². The maximum absolute atomic E-state index is 12.0. The minimum Gasteiger partial charge on any atom is -0.349 e. The van der Waals surface area contributed by atoms with Crippen molar-refractivity contribution < 1.29 is 4.79 Å². The number of carbonyl (C=O) groups excluding carboxylic acids is 1. The van der Waals surface area contributed by atoms with E-state index in [0.29, 0.717) is 5.75 Å². The van der Waals surface area contributed by atoms with E-state index in [1.54, 1.807) is 11.8 Å². The summed E-state index contributed by atoms with van der Waals surface area (Å²) < 4.78 is 1.09. The lowest BCUT2D eigenvalue weighted by Crippen LogP contribution is -2.28. The summed E-state index contributed by atoms with van der Waals surface area (Å²) in [7, 11) is 0. The van der Waals surface area contributed by atoms with E-state index in [-0.39, 0.29) is 11.9 Å². The van der Waals surface area contributed by atoms with Gasteiger partial charge in [-0.2, -0.15) is 0 Å². The highest BCUT2D eigenvalue weighted by molar-refractivity contribution is 9.10. The first-order valence-electron chi connectivity index (χ1n) is 6.82. The van der Waals surface area contributed by atoms with Crippen molar-refractivity contribution in [3.63, 3.8) is 0 Å². The molecule has 0 saturated carbocycles. The van der Waals surface area contributed by atoms with Gasteiger partial charge in [0, 0.05) is 10.2 Å². The van der Waals surface area contributed by atoms with E-state index in [4.69, 9.17) is 0 Å². The third-order valence-electron chi connectivity index (χ3n) is 3.13. The van der Waals surface area contributed by atoms with Crippen molar-refractivity contribution in [2.24, 2.45) is 0 Å². The Labute approximate surface area is 138 Å². The largest absolute Gasteiger partial charge is 0.349 e. The molecular formula is C17H18BrNOS. The van der Waals surface area contributed by atoms with Gasteiger partial charge in [0.25, 0.3) is 0 Å². The van der Waals surface area contributed by atoms with Gasteiger partial charge in [-0.25, -0.2) is 0 Å². The zero-order valence-corrected chi connectivity index (χ0v) is 14.3. The van der Waals surface area contributed by atoms with E-state index in [9.17, 15) is 4.79 Å². The van der Waals surface area contributed by atoms with Crippen LogP contribution in [0.5, 0.6) is 0 Å². The van der Waals surface area contributed by atoms with Gasteiger partial charge in [0.15, 0.2) is 0 Å². The molecule has 0 heterocycles. The Morgan fingerprint density at radius 1 is 1.14 bits per heavy atom. The highest BCUT2D eigenvalue weighted by Gasteiger charge is 2.09. The second-order valence-electron chi connectivity index (χ2n) is 4.78. The lowest BCUT2D eigenvalue weighted by atomic mass is 10.1. The van der Waals surface area contributed by atoms with Crippen molar-refractivity contribution in [2.75, 3.05) is 5.75 Å². The van der Waals surface area contributed by atoms with Crippen molar-refractivity contribution in [2.45, 2.75) is 18.7 Å². The summed E-state index contributed by atoms with van der Waals surface area (Å²) in [6, 6.07) is 18.1. The molecule has 0 spiro atoms. The SMILES string of the molecule is C[C@@H](NC(=O)CSCc1ccccc1Br)c1ccccc1. The Balaban J connectivity index is 1.76. The molecule has 0 aliphatic rings. The average Bonchev–Trinajstić information content (AvgIpc) is 2.50. The van der Waals surface area contributed by atoms with Crippen molar-refractivity contribution in [3.8, 4) is 0 Å². The molecule has 0 saturated heterocycles. The molecule has 2 aromatic rings. The van der Waals surface area contributed by atoms with E-state index >= 15 is 0 Å². The van der Waals surface area contributed by atoms with Crippen molar-refractivity contribution in [3.05, 3.63) is 70.2 Å². The van der Waals surface area contributed by atoms with Crippen LogP contribution in [0.1, 0.15) is 24.1 Å². The third kappa shape index (κ3) is 5.21. The van der Waals surface area contributed by atoms with Crippen molar-refractivity contribution in [1.29, 1.82) is 0 Å². The number of hydrogen-bond acceptors (Lipinski definition) is 2. The van der Waals surface area contributed by atoms with E-state index in [0.717, 1.165) is 15.8 Å². The summed E-state index contributed by atoms with van der Waals surface area (Å²) in [5, 5.41) is 3.03. The Hall–Kier alpha value is -1.26. The first kappa shape index (κ1) is 16.1. The monoisotopic (exact) mass is 363 g/mol. The number of thioether (sulfide) groups is 1. The molecule has 0 fully saturated rings. The van der Waals surface area contributed by atoms with Crippen LogP contribution >= 0.6 is 27.7 Å². The Kier molecular flexibility index (Phi) is 6.33. The first-order valence-corrected chi connectivity index (χ1v) is 8.77. The van der Waals surface area contributed by atoms with Gasteiger partial charge < -0.3 is 5.32 Å². The van der Waals surface area contributed by atoms with Crippen LogP contribution in [-0.4, -0.2) is 11.7 Å². The van der Waals surface area contributed by atoms with E-state index in [1.807, 2.05) is 55.5 Å². The van der Waals surface area contributed by atoms with Crippen LogP contribution < -0.4 is 5.32 Å². The highest BCUT2D eigenvalue weighted by atomic mass is 79.9. The normalized spacial score (nSPS) is 11.9. The summed E-state index contributed by atoms with van der Waals surface area (Å²) in [6.45, 7) is 2.01. The predicted molar refractivity (Wildman–Crippen MR) is 93.3 cm³/mol. The Morgan fingerprint density at radius 3 is 2.52 bits per heavy atom. The van der Waals surface area contributed by atoms with Gasteiger partial charge in [-0.1, -0.05) is 64.5 Å². The molecule has 2 aromatic carbocycles. The van der Waals surface area contributed by atoms with Crippen molar-refractivity contribution in [1.82, 2.24) is 5.32 Å². The number of halogens is 1. The quantitative estimate of drug-likeness (QED) is 0.814. The van der Waals surface area contributed by atoms with Crippen LogP contribution in [0.15, 0.2) is 59.1 Å². The van der Waals surface area contributed by atoms with Gasteiger partial charge in [0.1, 0.15) is 0 Å². The molecule has 21 heavy (non-hydrogen) atoms. The lowest BCUT2D eigenvalue weighted by Gasteiger charge is -2.14. The highest BCUT2D eigenvalue weighted by Crippen LogP contribution is 2.21. The Bertz CT molecular complexity index is 588. The molecule has 0 bridgehead atoms. The maximum atomic E-state index is 12.0. The molecule has 110 valence electrons. The summed E-state index contributed by atoms with van der Waals surface area (Å²) in [6.07, 6.45) is 0. The summed E-state index contributed by atoms with van der Waals surface area (Å²) >= 11 is 5.14. The third-order valence-corrected chi connectivity index (χ3v) is 4.88. The van der Waals surface area contributed by atoms with E-state index < -0.39 is 0 Å². The fraction of sp³-hybridized carbons (Fsp3) is 0.235. The topological polar surface area (TPSA) is 29.1 Å². The second kappa shape index (κ2) is 8.25. The van der Waals surface area contributed by atoms with Crippen molar-refractivity contribution >= 4 is 33.6 Å². The number of rotatable bonds is 6. The maximum Gasteiger partial charge on any atom is 0.230 e. The van der Waals surface area contributed by atoms with E-state index in [1.165, 1.54) is 5.56 Å². The fourth-order valence-electron chi connectivity index (χ4n) is 1.98. The molecule has 0 unspecified atom stereocenters. The number of nitrogens with one attached hydrogen (secondary N) is 1. The van der Waals surface area contributed by atoms with E-state index in [2.05, 4.69) is 27.3 Å². The molecule has 0 aliphatic heterocycles. The summed E-state index contributed by atoms with van der Waals surface area (Å²) in [5.74, 6) is 1.37. The minimum atomic E-state index is 0.0442. The van der Waals surface area contributed by atoms with Crippen LogP contribution in [0.4, 0.5) is 0 Å². The van der Waals surface area contributed by atoms with Crippen LogP contribution in [0.2, 0.25) is 0 Å². The Morgan fingerprint density at radius 2 is 1.81 bits per heavy atom. The van der Waals surface area contributed by atoms with Gasteiger partial charge in [0.2, 0.25) is 5.91 Å². The van der Waals surface area contributed by atoms with Gasteiger partial charge in [-0.3, -0.25) is 4.79 Å². The molecule has 1 amide bonds. The molecule has 0 aliphatic carbocycles. The summed E-state index contributed by atoms with van der Waals surface area (Å²) in [5.41, 5.74) is 2.34. The van der Waals surface area contributed by atoms with Gasteiger partial charge in [-0.05, 0) is 24.1 Å². The molecule has 2 nitrogen and oxygen atoms in total. The molecule has 0 radical (unpaired) electrons. The summed E-state index contributed by atoms with van der Waals surface area (Å²) in [4.78, 5) is 12.0. The standard InChI is InChI=1S/C17H18BrNOS/c1-13(14-7-3-2-4-8-14)19-17(20)12-21-11-15-9-5-6-10-16(15)18/h2-10,13H,11-12H2,1H3,(H,19,20)/t13-/m1/s1. The molecule has 0 aromatic heterocycles. The molecule has 1 atom stereocenters. The van der Waals surface area contributed by atoms with Gasteiger partial charge in [0.05, 0.1) is 11.8 Å². The number of benzene rings is 2. The smallest absolute Gasteiger partial charge is 0.230 e. The minimum absolute atomic E-state index is 0.0442. The number of carbonyl (C=O) groups is 1. The van der Waals surface area contributed by atoms with Gasteiger partial charge in [-0.15, -0.1) is 11.8 Å². The molecular weight excluding hydrogens is 346 g/mol. The lowest BCUT2D eigenvalue weighted by molar-refractivity contribution is -0.119. The zero-order valence-electron chi connectivity index (χ0n) is 11.9. The van der Waals surface area contributed by atoms with Gasteiger partial charge >= 0.3 is 0 Å².